The largest absolute Gasteiger partial charge is 0.311 e. The molecule has 0 bridgehead atoms. The van der Waals surface area contributed by atoms with Gasteiger partial charge in [0.1, 0.15) is 11.6 Å². The maximum Gasteiger partial charge on any atom is 0.253 e. The van der Waals surface area contributed by atoms with Gasteiger partial charge in [-0.2, -0.15) is 5.26 Å². The summed E-state index contributed by atoms with van der Waals surface area (Å²) < 4.78 is 0. The van der Waals surface area contributed by atoms with E-state index in [1.807, 2.05) is 0 Å². The van der Waals surface area contributed by atoms with E-state index in [1.165, 1.54) is 6.07 Å². The molecule has 0 radical (unpaired) electrons. The average Bonchev–Trinajstić information content (AvgIpc) is 1.85. The van der Waals surface area contributed by atoms with Crippen molar-refractivity contribution in [3.63, 3.8) is 0 Å². The number of aromatic nitrogens is 2. The Morgan fingerprint density at radius 2 is 2.55 bits per heavy atom. The first-order valence-corrected chi connectivity index (χ1v) is 2.95. The predicted octanol–water partition coefficient (Wildman–Crippen LogP) is -0.0287. The van der Waals surface area contributed by atoms with Crippen LogP contribution in [0.15, 0.2) is 10.9 Å². The highest BCUT2D eigenvalue weighted by Crippen LogP contribution is 1.94. The van der Waals surface area contributed by atoms with Crippen molar-refractivity contribution in [3.8, 4) is 6.19 Å². The Morgan fingerprint density at radius 1 is 1.82 bits per heavy atom. The number of nitriles is 1. The highest BCUT2D eigenvalue weighted by atomic mass is 16.1. The third-order valence-electron chi connectivity index (χ3n) is 1.04. The summed E-state index contributed by atoms with van der Waals surface area (Å²) >= 11 is 0. The van der Waals surface area contributed by atoms with Crippen LogP contribution in [0.5, 0.6) is 0 Å². The van der Waals surface area contributed by atoms with Crippen molar-refractivity contribution in [2.24, 2.45) is 0 Å². The van der Waals surface area contributed by atoms with Crippen LogP contribution in [0.4, 0.5) is 5.82 Å². The summed E-state index contributed by atoms with van der Waals surface area (Å²) in [6, 6.07) is 1.22. The minimum absolute atomic E-state index is 0.268. The van der Waals surface area contributed by atoms with Crippen molar-refractivity contribution in [1.29, 1.82) is 5.26 Å². The number of H-pyrrole nitrogens is 1. The lowest BCUT2D eigenvalue weighted by atomic mass is 10.5. The van der Waals surface area contributed by atoms with E-state index < -0.39 is 0 Å². The first-order valence-electron chi connectivity index (χ1n) is 2.95. The molecule has 0 aliphatic heterocycles. The van der Waals surface area contributed by atoms with Crippen LogP contribution in [-0.2, 0) is 0 Å². The maximum atomic E-state index is 10.7. The van der Waals surface area contributed by atoms with E-state index in [0.29, 0.717) is 5.82 Å². The van der Waals surface area contributed by atoms with Crippen LogP contribution in [0, 0.1) is 18.4 Å². The Balaban J connectivity index is 3.11. The van der Waals surface area contributed by atoms with Crippen molar-refractivity contribution in [3.05, 3.63) is 22.2 Å². The van der Waals surface area contributed by atoms with Crippen molar-refractivity contribution in [2.75, 3.05) is 5.32 Å². The fourth-order valence-corrected chi connectivity index (χ4v) is 0.701. The monoisotopic (exact) mass is 150 g/mol. The molecule has 1 aromatic rings. The van der Waals surface area contributed by atoms with Crippen LogP contribution >= 0.6 is 0 Å². The van der Waals surface area contributed by atoms with Gasteiger partial charge in [-0.05, 0) is 6.92 Å². The number of hydrogen-bond donors (Lipinski definition) is 2. The third-order valence-corrected chi connectivity index (χ3v) is 1.04. The van der Waals surface area contributed by atoms with E-state index in [2.05, 4.69) is 15.3 Å². The molecule has 1 aromatic heterocycles. The third kappa shape index (κ3) is 1.79. The fraction of sp³-hybridized carbons (Fsp3) is 0.167. The van der Waals surface area contributed by atoms with Crippen LogP contribution in [0.3, 0.4) is 0 Å². The lowest BCUT2D eigenvalue weighted by molar-refractivity contribution is 1.02. The molecular weight excluding hydrogens is 144 g/mol. The van der Waals surface area contributed by atoms with Crippen molar-refractivity contribution in [1.82, 2.24) is 9.97 Å². The molecule has 5 nitrogen and oxygen atoms in total. The second-order valence-corrected chi connectivity index (χ2v) is 1.95. The van der Waals surface area contributed by atoms with E-state index in [1.54, 1.807) is 13.1 Å². The number of nitrogens with zero attached hydrogens (tertiary/aromatic N) is 2. The standard InChI is InChI=1S/C6H6N4O/c1-4-9-5(8-3-7)2-6(11)10-4/h2H,1H3,(H2,8,9,10,11). The number of aromatic amines is 1. The van der Waals surface area contributed by atoms with Gasteiger partial charge in [0.15, 0.2) is 6.19 Å². The smallest absolute Gasteiger partial charge is 0.253 e. The Kier molecular flexibility index (Phi) is 1.88. The zero-order valence-corrected chi connectivity index (χ0v) is 5.88. The maximum absolute atomic E-state index is 10.7. The molecule has 0 fully saturated rings. The van der Waals surface area contributed by atoms with Gasteiger partial charge in [-0.1, -0.05) is 0 Å². The quantitative estimate of drug-likeness (QED) is 0.435. The number of rotatable bonds is 1. The topological polar surface area (TPSA) is 81.6 Å². The summed E-state index contributed by atoms with van der Waals surface area (Å²) in [6.45, 7) is 1.64. The number of aryl methyl sites for hydroxylation is 1. The Labute approximate surface area is 62.7 Å². The van der Waals surface area contributed by atoms with Crippen LogP contribution < -0.4 is 10.9 Å². The summed E-state index contributed by atoms with van der Waals surface area (Å²) in [5, 5.41) is 10.5. The fourth-order valence-electron chi connectivity index (χ4n) is 0.701. The molecular formula is C6H6N4O. The molecule has 1 heterocycles. The molecule has 0 spiro atoms. The lowest BCUT2D eigenvalue weighted by Crippen LogP contribution is -2.09. The lowest BCUT2D eigenvalue weighted by Gasteiger charge is -1.95. The van der Waals surface area contributed by atoms with E-state index in [-0.39, 0.29) is 11.4 Å². The number of hydrogen-bond acceptors (Lipinski definition) is 4. The molecule has 56 valence electrons. The molecule has 11 heavy (non-hydrogen) atoms. The molecule has 0 aliphatic carbocycles. The second-order valence-electron chi connectivity index (χ2n) is 1.95. The van der Waals surface area contributed by atoms with Crippen molar-refractivity contribution in [2.45, 2.75) is 6.92 Å². The minimum atomic E-state index is -0.268. The van der Waals surface area contributed by atoms with E-state index in [4.69, 9.17) is 5.26 Å². The first kappa shape index (κ1) is 7.28. The summed E-state index contributed by atoms with van der Waals surface area (Å²) in [4.78, 5) is 17.0. The molecule has 0 aliphatic rings. The summed E-state index contributed by atoms with van der Waals surface area (Å²) in [5.74, 6) is 0.754. The molecule has 0 saturated heterocycles. The van der Waals surface area contributed by atoms with Crippen LogP contribution in [-0.4, -0.2) is 9.97 Å². The summed E-state index contributed by atoms with van der Waals surface area (Å²) in [6.07, 6.45) is 1.67. The van der Waals surface area contributed by atoms with Crippen LogP contribution in [0.2, 0.25) is 0 Å². The van der Waals surface area contributed by atoms with Gasteiger partial charge in [0.2, 0.25) is 0 Å². The normalized spacial score (nSPS) is 8.73. The van der Waals surface area contributed by atoms with Gasteiger partial charge in [0.05, 0.1) is 0 Å². The second kappa shape index (κ2) is 2.84. The van der Waals surface area contributed by atoms with E-state index in [0.717, 1.165) is 0 Å². The van der Waals surface area contributed by atoms with Gasteiger partial charge < -0.3 is 4.98 Å². The van der Waals surface area contributed by atoms with Gasteiger partial charge in [-0.25, -0.2) is 4.98 Å². The van der Waals surface area contributed by atoms with Crippen LogP contribution in [0.25, 0.3) is 0 Å². The predicted molar refractivity (Wildman–Crippen MR) is 38.8 cm³/mol. The molecule has 2 N–H and O–H groups in total. The van der Waals surface area contributed by atoms with Gasteiger partial charge in [-0.3, -0.25) is 10.1 Å². The van der Waals surface area contributed by atoms with E-state index >= 15 is 0 Å². The first-order chi connectivity index (χ1) is 5.22. The molecule has 5 heteroatoms. The molecule has 0 amide bonds. The minimum Gasteiger partial charge on any atom is -0.311 e. The molecule has 0 aromatic carbocycles. The molecule has 1 rings (SSSR count). The Hall–Kier alpha value is -1.83. The highest BCUT2D eigenvalue weighted by molar-refractivity contribution is 5.36. The van der Waals surface area contributed by atoms with E-state index in [9.17, 15) is 4.79 Å². The zero-order valence-electron chi connectivity index (χ0n) is 5.88. The molecule has 0 atom stereocenters. The highest BCUT2D eigenvalue weighted by Gasteiger charge is 1.94. The van der Waals surface area contributed by atoms with Gasteiger partial charge in [-0.15, -0.1) is 0 Å². The van der Waals surface area contributed by atoms with Crippen molar-refractivity contribution < 1.29 is 0 Å². The SMILES string of the molecule is Cc1nc(NC#N)cc(=O)[nH]1. The molecule has 0 unspecified atom stereocenters. The Bertz CT molecular complexity index is 348. The zero-order chi connectivity index (χ0) is 8.27. The molecule has 0 saturated carbocycles. The Morgan fingerprint density at radius 3 is 3.09 bits per heavy atom. The number of nitrogens with one attached hydrogen (secondary N) is 2. The van der Waals surface area contributed by atoms with Crippen LogP contribution in [0.1, 0.15) is 5.82 Å². The number of anilines is 1. The van der Waals surface area contributed by atoms with Gasteiger partial charge >= 0.3 is 0 Å². The summed E-state index contributed by atoms with van der Waals surface area (Å²) in [5.41, 5.74) is -0.268. The van der Waals surface area contributed by atoms with Gasteiger partial charge in [0.25, 0.3) is 5.56 Å². The average molecular weight is 150 g/mol. The van der Waals surface area contributed by atoms with Crippen molar-refractivity contribution >= 4 is 5.82 Å². The van der Waals surface area contributed by atoms with Gasteiger partial charge in [0, 0.05) is 6.07 Å². The summed E-state index contributed by atoms with van der Waals surface area (Å²) in [7, 11) is 0.